The van der Waals surface area contributed by atoms with E-state index in [1.165, 1.54) is 11.1 Å². The molecule has 3 rings (SSSR count). The molecule has 0 radical (unpaired) electrons. The lowest BCUT2D eigenvalue weighted by atomic mass is 9.88. The van der Waals surface area contributed by atoms with Crippen molar-refractivity contribution in [2.24, 2.45) is 0 Å². The SMILES string of the molecule is CC1=C2CCCC(c3ccccc3)=C2OC1=O. The molecular formula is C15H14O2. The van der Waals surface area contributed by atoms with E-state index >= 15 is 0 Å². The van der Waals surface area contributed by atoms with Crippen molar-refractivity contribution in [2.75, 3.05) is 0 Å². The molecule has 1 aromatic carbocycles. The zero-order valence-electron chi connectivity index (χ0n) is 9.82. The number of fused-ring (bicyclic) bond motifs is 1. The van der Waals surface area contributed by atoms with Gasteiger partial charge >= 0.3 is 5.97 Å². The van der Waals surface area contributed by atoms with Crippen LogP contribution in [-0.2, 0) is 9.53 Å². The topological polar surface area (TPSA) is 26.3 Å². The van der Waals surface area contributed by atoms with E-state index in [4.69, 9.17) is 4.74 Å². The Balaban J connectivity index is 2.15. The zero-order chi connectivity index (χ0) is 11.8. The average molecular weight is 226 g/mol. The van der Waals surface area contributed by atoms with Gasteiger partial charge in [0.05, 0.1) is 0 Å². The Kier molecular flexibility index (Phi) is 2.36. The third kappa shape index (κ3) is 1.60. The fourth-order valence-corrected chi connectivity index (χ4v) is 2.54. The molecule has 86 valence electrons. The van der Waals surface area contributed by atoms with Gasteiger partial charge in [-0.25, -0.2) is 4.79 Å². The Morgan fingerprint density at radius 2 is 1.76 bits per heavy atom. The number of hydrogen-bond acceptors (Lipinski definition) is 2. The van der Waals surface area contributed by atoms with Gasteiger partial charge < -0.3 is 4.74 Å². The first kappa shape index (κ1) is 10.3. The molecule has 0 spiro atoms. The fraction of sp³-hybridized carbons (Fsp3) is 0.267. The highest BCUT2D eigenvalue weighted by Gasteiger charge is 2.31. The van der Waals surface area contributed by atoms with Crippen LogP contribution in [0.3, 0.4) is 0 Å². The molecular weight excluding hydrogens is 212 g/mol. The summed E-state index contributed by atoms with van der Waals surface area (Å²) in [5, 5.41) is 0. The molecule has 1 aliphatic carbocycles. The smallest absolute Gasteiger partial charge is 0.339 e. The standard InChI is InChI=1S/C15H14O2/c1-10-12-8-5-9-13(14(12)17-15(10)16)11-6-3-2-4-7-11/h2-4,6-7H,5,8-9H2,1H3. The predicted octanol–water partition coefficient (Wildman–Crippen LogP) is 3.45. The van der Waals surface area contributed by atoms with Crippen LogP contribution >= 0.6 is 0 Å². The van der Waals surface area contributed by atoms with E-state index < -0.39 is 0 Å². The maximum Gasteiger partial charge on any atom is 0.339 e. The van der Waals surface area contributed by atoms with E-state index in [-0.39, 0.29) is 5.97 Å². The van der Waals surface area contributed by atoms with Crippen molar-refractivity contribution in [2.45, 2.75) is 26.2 Å². The summed E-state index contributed by atoms with van der Waals surface area (Å²) >= 11 is 0. The summed E-state index contributed by atoms with van der Waals surface area (Å²) in [5.74, 6) is 0.648. The highest BCUT2D eigenvalue weighted by Crippen LogP contribution is 2.41. The van der Waals surface area contributed by atoms with Gasteiger partial charge in [-0.15, -0.1) is 0 Å². The number of carbonyl (C=O) groups excluding carboxylic acids is 1. The molecule has 0 aromatic heterocycles. The Bertz CT molecular complexity index is 535. The molecule has 0 fully saturated rings. The van der Waals surface area contributed by atoms with Crippen LogP contribution in [0, 0.1) is 0 Å². The first-order chi connectivity index (χ1) is 8.27. The predicted molar refractivity (Wildman–Crippen MR) is 66.0 cm³/mol. The molecule has 2 aliphatic rings. The van der Waals surface area contributed by atoms with Crippen LogP contribution in [0.1, 0.15) is 31.7 Å². The lowest BCUT2D eigenvalue weighted by Gasteiger charge is -2.18. The first-order valence-corrected chi connectivity index (χ1v) is 5.98. The molecule has 1 aliphatic heterocycles. The Morgan fingerprint density at radius 1 is 1.06 bits per heavy atom. The van der Waals surface area contributed by atoms with Crippen molar-refractivity contribution in [3.05, 3.63) is 52.8 Å². The molecule has 0 atom stereocenters. The number of carbonyl (C=O) groups is 1. The van der Waals surface area contributed by atoms with Gasteiger partial charge in [0.15, 0.2) is 0 Å². The second-order valence-electron chi connectivity index (χ2n) is 4.52. The quantitative estimate of drug-likeness (QED) is 0.685. The number of rotatable bonds is 1. The van der Waals surface area contributed by atoms with Gasteiger partial charge in [-0.3, -0.25) is 0 Å². The van der Waals surface area contributed by atoms with Crippen LogP contribution in [0.4, 0.5) is 0 Å². The van der Waals surface area contributed by atoms with E-state index in [0.717, 1.165) is 36.2 Å². The minimum absolute atomic E-state index is 0.176. The highest BCUT2D eigenvalue weighted by molar-refractivity contribution is 5.96. The Labute approximate surface area is 101 Å². The molecule has 2 nitrogen and oxygen atoms in total. The van der Waals surface area contributed by atoms with Crippen molar-refractivity contribution in [1.82, 2.24) is 0 Å². The molecule has 0 unspecified atom stereocenters. The van der Waals surface area contributed by atoms with E-state index in [9.17, 15) is 4.79 Å². The summed E-state index contributed by atoms with van der Waals surface area (Å²) in [6, 6.07) is 10.2. The third-order valence-corrected chi connectivity index (χ3v) is 3.48. The van der Waals surface area contributed by atoms with Gasteiger partial charge in [0, 0.05) is 16.7 Å². The van der Waals surface area contributed by atoms with E-state index in [2.05, 4.69) is 12.1 Å². The molecule has 1 aromatic rings. The van der Waals surface area contributed by atoms with Crippen LogP contribution in [-0.4, -0.2) is 5.97 Å². The summed E-state index contributed by atoms with van der Waals surface area (Å²) in [4.78, 5) is 11.6. The van der Waals surface area contributed by atoms with Crippen molar-refractivity contribution in [3.63, 3.8) is 0 Å². The van der Waals surface area contributed by atoms with Crippen molar-refractivity contribution in [1.29, 1.82) is 0 Å². The summed E-state index contributed by atoms with van der Waals surface area (Å²) in [7, 11) is 0. The minimum atomic E-state index is -0.176. The third-order valence-electron chi connectivity index (χ3n) is 3.48. The molecule has 2 heteroatoms. The molecule has 0 bridgehead atoms. The largest absolute Gasteiger partial charge is 0.423 e. The minimum Gasteiger partial charge on any atom is -0.423 e. The Morgan fingerprint density at radius 3 is 2.53 bits per heavy atom. The number of allylic oxidation sites excluding steroid dienone is 2. The first-order valence-electron chi connectivity index (χ1n) is 5.98. The monoisotopic (exact) mass is 226 g/mol. The van der Waals surface area contributed by atoms with Crippen molar-refractivity contribution < 1.29 is 9.53 Å². The van der Waals surface area contributed by atoms with E-state index in [1.54, 1.807) is 0 Å². The summed E-state index contributed by atoms with van der Waals surface area (Å²) < 4.78 is 5.41. The molecule has 0 N–H and O–H groups in total. The van der Waals surface area contributed by atoms with Gasteiger partial charge in [-0.05, 0) is 31.7 Å². The summed E-state index contributed by atoms with van der Waals surface area (Å²) in [6.45, 7) is 1.86. The van der Waals surface area contributed by atoms with Gasteiger partial charge in [0.25, 0.3) is 0 Å². The highest BCUT2D eigenvalue weighted by atomic mass is 16.5. The average Bonchev–Trinajstić information content (AvgIpc) is 2.67. The number of esters is 1. The number of benzene rings is 1. The second-order valence-corrected chi connectivity index (χ2v) is 4.52. The maximum atomic E-state index is 11.6. The fourth-order valence-electron chi connectivity index (χ4n) is 2.54. The van der Waals surface area contributed by atoms with Crippen LogP contribution in [0.15, 0.2) is 47.2 Å². The van der Waals surface area contributed by atoms with E-state index in [1.807, 2.05) is 25.1 Å². The normalized spacial score (nSPS) is 19.5. The van der Waals surface area contributed by atoms with Crippen molar-refractivity contribution >= 4 is 11.5 Å². The van der Waals surface area contributed by atoms with E-state index in [0.29, 0.717) is 0 Å². The van der Waals surface area contributed by atoms with Gasteiger partial charge in [0.2, 0.25) is 0 Å². The second kappa shape index (κ2) is 3.88. The lowest BCUT2D eigenvalue weighted by Crippen LogP contribution is -2.02. The summed E-state index contributed by atoms with van der Waals surface area (Å²) in [6.07, 6.45) is 3.05. The Hall–Kier alpha value is -1.83. The number of hydrogen-bond donors (Lipinski definition) is 0. The molecule has 17 heavy (non-hydrogen) atoms. The lowest BCUT2D eigenvalue weighted by molar-refractivity contribution is -0.133. The maximum absolute atomic E-state index is 11.6. The molecule has 0 saturated carbocycles. The van der Waals surface area contributed by atoms with Crippen LogP contribution in [0.2, 0.25) is 0 Å². The zero-order valence-corrected chi connectivity index (χ0v) is 9.82. The van der Waals surface area contributed by atoms with Gasteiger partial charge in [-0.1, -0.05) is 30.3 Å². The van der Waals surface area contributed by atoms with Gasteiger partial charge in [0.1, 0.15) is 5.76 Å². The molecule has 0 amide bonds. The molecule has 0 saturated heterocycles. The summed E-state index contributed by atoms with van der Waals surface area (Å²) in [5.41, 5.74) is 4.24. The van der Waals surface area contributed by atoms with Crippen LogP contribution < -0.4 is 0 Å². The van der Waals surface area contributed by atoms with Crippen LogP contribution in [0.25, 0.3) is 5.57 Å². The van der Waals surface area contributed by atoms with Gasteiger partial charge in [-0.2, -0.15) is 0 Å². The van der Waals surface area contributed by atoms with Crippen molar-refractivity contribution in [3.8, 4) is 0 Å². The molecule has 1 heterocycles. The number of ether oxygens (including phenoxy) is 1. The van der Waals surface area contributed by atoms with Crippen LogP contribution in [0.5, 0.6) is 0 Å².